The zero-order chi connectivity index (χ0) is 15.2. The quantitative estimate of drug-likeness (QED) is 0.566. The van der Waals surface area contributed by atoms with E-state index in [1.54, 1.807) is 12.1 Å². The number of carbonyl (C=O) groups is 1. The van der Waals surface area contributed by atoms with Crippen LogP contribution in [0.5, 0.6) is 0 Å². The van der Waals surface area contributed by atoms with Crippen LogP contribution >= 0.6 is 0 Å². The van der Waals surface area contributed by atoms with Crippen LogP contribution in [-0.2, 0) is 4.79 Å². The molecule has 1 aliphatic rings. The van der Waals surface area contributed by atoms with Gasteiger partial charge in [0.1, 0.15) is 5.78 Å². The average Bonchev–Trinajstić information content (AvgIpc) is 2.49. The van der Waals surface area contributed by atoms with Crippen molar-refractivity contribution >= 4 is 11.5 Å². The molecule has 4 nitrogen and oxygen atoms in total. The van der Waals surface area contributed by atoms with Crippen LogP contribution in [0.1, 0.15) is 63.4 Å². The van der Waals surface area contributed by atoms with Gasteiger partial charge in [0.2, 0.25) is 0 Å². The normalized spacial score (nSPS) is 17.4. The maximum Gasteiger partial charge on any atom is 0.269 e. The molecular weight excluding hydrogens is 266 g/mol. The third-order valence-corrected chi connectivity index (χ3v) is 4.52. The highest BCUT2D eigenvalue weighted by atomic mass is 16.6. The molecule has 0 heterocycles. The molecule has 0 radical (unpaired) electrons. The summed E-state index contributed by atoms with van der Waals surface area (Å²) in [5.74, 6) is 0.712. The fourth-order valence-corrected chi connectivity index (χ4v) is 3.30. The number of nitrogens with zero attached hydrogens (tertiary/aromatic N) is 1. The lowest BCUT2D eigenvalue weighted by Gasteiger charge is -2.23. The van der Waals surface area contributed by atoms with Crippen molar-refractivity contribution in [2.24, 2.45) is 5.92 Å². The number of rotatable bonds is 6. The number of nitro benzene ring substituents is 1. The Hall–Kier alpha value is -1.71. The summed E-state index contributed by atoms with van der Waals surface area (Å²) in [6.07, 6.45) is 7.53. The largest absolute Gasteiger partial charge is 0.299 e. The fraction of sp³-hybridized carbons (Fsp3) is 0.588. The van der Waals surface area contributed by atoms with E-state index in [0.29, 0.717) is 18.1 Å². The molecule has 1 fully saturated rings. The molecule has 1 aliphatic carbocycles. The molecule has 4 heteroatoms. The summed E-state index contributed by atoms with van der Waals surface area (Å²) in [5.41, 5.74) is 0.984. The maximum atomic E-state index is 12.5. The minimum atomic E-state index is -0.408. The second-order valence-electron chi connectivity index (χ2n) is 5.98. The van der Waals surface area contributed by atoms with Gasteiger partial charge in [-0.3, -0.25) is 14.9 Å². The molecular formula is C17H23NO3. The summed E-state index contributed by atoms with van der Waals surface area (Å²) >= 11 is 0. The van der Waals surface area contributed by atoms with Crippen LogP contribution in [0.4, 0.5) is 5.69 Å². The van der Waals surface area contributed by atoms with Crippen molar-refractivity contribution in [2.75, 3.05) is 0 Å². The van der Waals surface area contributed by atoms with Crippen molar-refractivity contribution < 1.29 is 9.72 Å². The van der Waals surface area contributed by atoms with Crippen molar-refractivity contribution in [1.82, 2.24) is 0 Å². The molecule has 114 valence electrons. The van der Waals surface area contributed by atoms with Crippen molar-refractivity contribution in [3.8, 4) is 0 Å². The Balaban J connectivity index is 2.03. The summed E-state index contributed by atoms with van der Waals surface area (Å²) in [7, 11) is 0. The first-order valence-corrected chi connectivity index (χ1v) is 7.89. The van der Waals surface area contributed by atoms with Gasteiger partial charge in [-0.15, -0.1) is 0 Å². The average molecular weight is 289 g/mol. The number of carbonyl (C=O) groups excluding carboxylic acids is 1. The lowest BCUT2D eigenvalue weighted by atomic mass is 9.81. The lowest BCUT2D eigenvalue weighted by molar-refractivity contribution is -0.384. The van der Waals surface area contributed by atoms with Crippen molar-refractivity contribution in [3.63, 3.8) is 0 Å². The summed E-state index contributed by atoms with van der Waals surface area (Å²) in [6, 6.07) is 6.44. The van der Waals surface area contributed by atoms with E-state index in [-0.39, 0.29) is 11.6 Å². The number of benzene rings is 1. The van der Waals surface area contributed by atoms with Gasteiger partial charge in [-0.25, -0.2) is 0 Å². The molecule has 0 saturated heterocycles. The van der Waals surface area contributed by atoms with E-state index in [1.165, 1.54) is 44.2 Å². The van der Waals surface area contributed by atoms with Crippen molar-refractivity contribution in [2.45, 2.75) is 57.8 Å². The Bertz CT molecular complexity index is 489. The highest BCUT2D eigenvalue weighted by molar-refractivity contribution is 5.86. The molecule has 0 aromatic heterocycles. The number of nitro groups is 1. The topological polar surface area (TPSA) is 60.2 Å². The standard InChI is InChI=1S/C17H23NO3/c1-2-16(14-8-10-15(11-9-14)18(20)21)17(19)12-13-6-4-3-5-7-13/h8-11,13,16H,2-7,12H2,1H3. The zero-order valence-electron chi connectivity index (χ0n) is 12.6. The number of hydrogen-bond acceptors (Lipinski definition) is 3. The fourth-order valence-electron chi connectivity index (χ4n) is 3.30. The van der Waals surface area contributed by atoms with Gasteiger partial charge in [0.25, 0.3) is 5.69 Å². The Kier molecular flexibility index (Phi) is 5.48. The van der Waals surface area contributed by atoms with E-state index in [2.05, 4.69) is 0 Å². The SMILES string of the molecule is CCC(C(=O)CC1CCCCC1)c1ccc([N+](=O)[O-])cc1. The van der Waals surface area contributed by atoms with E-state index in [1.807, 2.05) is 6.92 Å². The van der Waals surface area contributed by atoms with Crippen molar-refractivity contribution in [1.29, 1.82) is 0 Å². The molecule has 0 bridgehead atoms. The van der Waals surface area contributed by atoms with E-state index in [9.17, 15) is 14.9 Å². The van der Waals surface area contributed by atoms with Crippen molar-refractivity contribution in [3.05, 3.63) is 39.9 Å². The first-order valence-electron chi connectivity index (χ1n) is 7.89. The molecule has 1 aromatic rings. The minimum Gasteiger partial charge on any atom is -0.299 e. The van der Waals surface area contributed by atoms with E-state index < -0.39 is 4.92 Å². The van der Waals surface area contributed by atoms with Crippen LogP contribution in [0.15, 0.2) is 24.3 Å². The second kappa shape index (κ2) is 7.34. The molecule has 21 heavy (non-hydrogen) atoms. The summed E-state index contributed by atoms with van der Waals surface area (Å²) in [4.78, 5) is 22.8. The molecule has 1 saturated carbocycles. The van der Waals surface area contributed by atoms with Gasteiger partial charge in [0.05, 0.1) is 4.92 Å². The van der Waals surface area contributed by atoms with Gasteiger partial charge in [-0.1, -0.05) is 51.2 Å². The zero-order valence-corrected chi connectivity index (χ0v) is 12.6. The van der Waals surface area contributed by atoms with Crippen LogP contribution in [0, 0.1) is 16.0 Å². The smallest absolute Gasteiger partial charge is 0.269 e. The first kappa shape index (κ1) is 15.7. The summed E-state index contributed by atoms with van der Waals surface area (Å²) in [5, 5.41) is 10.7. The molecule has 0 amide bonds. The molecule has 0 aliphatic heterocycles. The predicted octanol–water partition coefficient (Wildman–Crippen LogP) is 4.63. The van der Waals surface area contributed by atoms with Crippen LogP contribution in [-0.4, -0.2) is 10.7 Å². The van der Waals surface area contributed by atoms with Crippen LogP contribution in [0.2, 0.25) is 0 Å². The highest BCUT2D eigenvalue weighted by Gasteiger charge is 2.24. The summed E-state index contributed by atoms with van der Waals surface area (Å²) in [6.45, 7) is 2.00. The summed E-state index contributed by atoms with van der Waals surface area (Å²) < 4.78 is 0. The van der Waals surface area contributed by atoms with Gasteiger partial charge < -0.3 is 0 Å². The second-order valence-corrected chi connectivity index (χ2v) is 5.98. The van der Waals surface area contributed by atoms with Gasteiger partial charge >= 0.3 is 0 Å². The van der Waals surface area contributed by atoms with Gasteiger partial charge in [-0.05, 0) is 17.9 Å². The molecule has 0 N–H and O–H groups in total. The van der Waals surface area contributed by atoms with Crippen LogP contribution < -0.4 is 0 Å². The van der Waals surface area contributed by atoms with Crippen LogP contribution in [0.3, 0.4) is 0 Å². The minimum absolute atomic E-state index is 0.0772. The van der Waals surface area contributed by atoms with Gasteiger partial charge in [0.15, 0.2) is 0 Å². The predicted molar refractivity (Wildman–Crippen MR) is 82.3 cm³/mol. The Morgan fingerprint density at radius 3 is 2.38 bits per heavy atom. The number of non-ortho nitro benzene ring substituents is 1. The van der Waals surface area contributed by atoms with Gasteiger partial charge in [0, 0.05) is 24.5 Å². The molecule has 2 rings (SSSR count). The lowest BCUT2D eigenvalue weighted by Crippen LogP contribution is -2.18. The Morgan fingerprint density at radius 1 is 1.24 bits per heavy atom. The van der Waals surface area contributed by atoms with E-state index >= 15 is 0 Å². The Labute approximate surface area is 125 Å². The monoisotopic (exact) mass is 289 g/mol. The van der Waals surface area contributed by atoms with Crippen LogP contribution in [0.25, 0.3) is 0 Å². The Morgan fingerprint density at radius 2 is 1.86 bits per heavy atom. The molecule has 1 aromatic carbocycles. The van der Waals surface area contributed by atoms with E-state index in [4.69, 9.17) is 0 Å². The highest BCUT2D eigenvalue weighted by Crippen LogP contribution is 2.31. The maximum absolute atomic E-state index is 12.5. The third kappa shape index (κ3) is 4.13. The number of hydrogen-bond donors (Lipinski definition) is 0. The molecule has 1 unspecified atom stereocenters. The first-order chi connectivity index (χ1) is 10.1. The third-order valence-electron chi connectivity index (χ3n) is 4.52. The number of ketones is 1. The molecule has 1 atom stereocenters. The number of Topliss-reactive ketones (excluding diaryl/α,β-unsaturated/α-hetero) is 1. The van der Waals surface area contributed by atoms with E-state index in [0.717, 1.165) is 12.0 Å². The molecule has 0 spiro atoms. The van der Waals surface area contributed by atoms with Gasteiger partial charge in [-0.2, -0.15) is 0 Å².